The Kier molecular flexibility index (Phi) is 4.20. The van der Waals surface area contributed by atoms with Crippen molar-refractivity contribution in [3.63, 3.8) is 0 Å². The zero-order chi connectivity index (χ0) is 15.5. The van der Waals surface area contributed by atoms with Gasteiger partial charge in [-0.15, -0.1) is 0 Å². The Hall–Kier alpha value is -2.00. The monoisotopic (exact) mass is 308 g/mol. The van der Waals surface area contributed by atoms with Crippen LogP contribution in [0.2, 0.25) is 0 Å². The molecule has 2 aromatic rings. The fraction of sp³-hybridized carbons (Fsp3) is 0.400. The number of hydrogen-bond acceptors (Lipinski definition) is 3. The second-order valence-corrected chi connectivity index (χ2v) is 6.47. The van der Waals surface area contributed by atoms with Crippen molar-refractivity contribution < 1.29 is 4.74 Å². The Morgan fingerprint density at radius 2 is 1.70 bits per heavy atom. The predicted octanol–water partition coefficient (Wildman–Crippen LogP) is 3.33. The number of para-hydroxylation sites is 1. The van der Waals surface area contributed by atoms with Gasteiger partial charge in [-0.3, -0.25) is 4.90 Å². The number of nitrogens with zero attached hydrogens (tertiary/aromatic N) is 2. The highest BCUT2D eigenvalue weighted by Crippen LogP contribution is 2.35. The van der Waals surface area contributed by atoms with Gasteiger partial charge in [0, 0.05) is 32.7 Å². The van der Waals surface area contributed by atoms with Gasteiger partial charge in [-0.2, -0.15) is 0 Å². The maximum Gasteiger partial charge on any atom is 0.145 e. The molecule has 0 bridgehead atoms. The summed E-state index contributed by atoms with van der Waals surface area (Å²) in [5, 5.41) is 0. The van der Waals surface area contributed by atoms with Crippen LogP contribution in [0.25, 0.3) is 0 Å². The Bertz CT molecular complexity index is 648. The van der Waals surface area contributed by atoms with E-state index in [0.717, 1.165) is 57.9 Å². The lowest BCUT2D eigenvalue weighted by atomic mass is 10.0. The summed E-state index contributed by atoms with van der Waals surface area (Å²) in [6, 6.07) is 17.4. The molecule has 1 saturated heterocycles. The van der Waals surface area contributed by atoms with Gasteiger partial charge in [0.05, 0.1) is 12.3 Å². The largest absolute Gasteiger partial charge is 0.491 e. The number of piperazine rings is 1. The van der Waals surface area contributed by atoms with E-state index in [9.17, 15) is 0 Å². The van der Waals surface area contributed by atoms with E-state index in [1.165, 1.54) is 16.8 Å². The Balaban J connectivity index is 1.42. The number of aryl methyl sites for hydroxylation is 1. The molecule has 2 aromatic carbocycles. The normalized spacial score (nSPS) is 18.3. The highest BCUT2D eigenvalue weighted by molar-refractivity contribution is 5.62. The second-order valence-electron chi connectivity index (χ2n) is 6.47. The molecule has 0 spiro atoms. The van der Waals surface area contributed by atoms with Gasteiger partial charge in [-0.05, 0) is 30.0 Å². The fourth-order valence-electron chi connectivity index (χ4n) is 3.61. The number of benzene rings is 2. The standard InChI is InChI=1S/C20H24N2O/c1-2-6-17(7-3-1)16-21-11-13-22(14-12-21)19-10-4-8-18-9-5-15-23-20(18)19/h1-4,6-8,10H,5,9,11-16H2. The predicted molar refractivity (Wildman–Crippen MR) is 94.2 cm³/mol. The van der Waals surface area contributed by atoms with Crippen LogP contribution in [0.15, 0.2) is 48.5 Å². The molecule has 0 atom stereocenters. The maximum atomic E-state index is 5.98. The maximum absolute atomic E-state index is 5.98. The Morgan fingerprint density at radius 1 is 0.870 bits per heavy atom. The summed E-state index contributed by atoms with van der Waals surface area (Å²) in [7, 11) is 0. The van der Waals surface area contributed by atoms with Crippen LogP contribution >= 0.6 is 0 Å². The molecule has 3 nitrogen and oxygen atoms in total. The van der Waals surface area contributed by atoms with Crippen molar-refractivity contribution in [3.05, 3.63) is 59.7 Å². The molecular formula is C20H24N2O. The molecule has 0 saturated carbocycles. The van der Waals surface area contributed by atoms with Crippen LogP contribution in [0.3, 0.4) is 0 Å². The molecule has 0 amide bonds. The highest BCUT2D eigenvalue weighted by atomic mass is 16.5. The number of anilines is 1. The molecule has 23 heavy (non-hydrogen) atoms. The topological polar surface area (TPSA) is 15.7 Å². The van der Waals surface area contributed by atoms with E-state index in [2.05, 4.69) is 58.3 Å². The molecule has 0 radical (unpaired) electrons. The van der Waals surface area contributed by atoms with Crippen LogP contribution < -0.4 is 9.64 Å². The van der Waals surface area contributed by atoms with E-state index < -0.39 is 0 Å². The van der Waals surface area contributed by atoms with Crippen molar-refractivity contribution in [3.8, 4) is 5.75 Å². The van der Waals surface area contributed by atoms with Gasteiger partial charge in [0.1, 0.15) is 5.75 Å². The van der Waals surface area contributed by atoms with Crippen molar-refractivity contribution in [2.24, 2.45) is 0 Å². The quantitative estimate of drug-likeness (QED) is 0.865. The minimum absolute atomic E-state index is 0.859. The van der Waals surface area contributed by atoms with Crippen molar-refractivity contribution >= 4 is 5.69 Å². The molecule has 2 aliphatic heterocycles. The van der Waals surface area contributed by atoms with Gasteiger partial charge in [0.15, 0.2) is 0 Å². The summed E-state index contributed by atoms with van der Waals surface area (Å²) in [5.74, 6) is 1.13. The molecule has 0 aromatic heterocycles. The summed E-state index contributed by atoms with van der Waals surface area (Å²) < 4.78 is 5.98. The first-order valence-corrected chi connectivity index (χ1v) is 8.66. The first-order valence-electron chi connectivity index (χ1n) is 8.66. The van der Waals surface area contributed by atoms with Crippen molar-refractivity contribution in [2.45, 2.75) is 19.4 Å². The number of rotatable bonds is 3. The minimum Gasteiger partial charge on any atom is -0.491 e. The third-order valence-electron chi connectivity index (χ3n) is 4.87. The molecule has 2 heterocycles. The first-order chi connectivity index (χ1) is 11.4. The van der Waals surface area contributed by atoms with Crippen LogP contribution in [-0.4, -0.2) is 37.7 Å². The van der Waals surface area contributed by atoms with Crippen LogP contribution in [-0.2, 0) is 13.0 Å². The average Bonchev–Trinajstić information content (AvgIpc) is 2.63. The fourth-order valence-corrected chi connectivity index (χ4v) is 3.61. The summed E-state index contributed by atoms with van der Waals surface area (Å²) in [5.41, 5.74) is 4.07. The molecule has 120 valence electrons. The Morgan fingerprint density at radius 3 is 2.52 bits per heavy atom. The summed E-state index contributed by atoms with van der Waals surface area (Å²) in [4.78, 5) is 5.04. The van der Waals surface area contributed by atoms with Crippen LogP contribution in [0.1, 0.15) is 17.5 Å². The van der Waals surface area contributed by atoms with Crippen molar-refractivity contribution in [2.75, 3.05) is 37.7 Å². The molecule has 3 heteroatoms. The zero-order valence-corrected chi connectivity index (χ0v) is 13.6. The van der Waals surface area contributed by atoms with E-state index in [1.54, 1.807) is 0 Å². The molecule has 4 rings (SSSR count). The first kappa shape index (κ1) is 14.6. The zero-order valence-electron chi connectivity index (χ0n) is 13.6. The number of hydrogen-bond donors (Lipinski definition) is 0. The van der Waals surface area contributed by atoms with Crippen LogP contribution in [0.4, 0.5) is 5.69 Å². The SMILES string of the molecule is c1ccc(CN2CCN(c3cccc4c3OCCC4)CC2)cc1. The minimum atomic E-state index is 0.859. The van der Waals surface area contributed by atoms with E-state index in [0.29, 0.717) is 0 Å². The van der Waals surface area contributed by atoms with Gasteiger partial charge in [0.25, 0.3) is 0 Å². The lowest BCUT2D eigenvalue weighted by molar-refractivity contribution is 0.247. The summed E-state index contributed by atoms with van der Waals surface area (Å²) in [6.07, 6.45) is 2.29. The van der Waals surface area contributed by atoms with E-state index in [1.807, 2.05) is 0 Å². The molecule has 0 unspecified atom stereocenters. The van der Waals surface area contributed by atoms with Crippen molar-refractivity contribution in [1.29, 1.82) is 0 Å². The Labute approximate surface area is 138 Å². The van der Waals surface area contributed by atoms with Gasteiger partial charge >= 0.3 is 0 Å². The van der Waals surface area contributed by atoms with Gasteiger partial charge < -0.3 is 9.64 Å². The van der Waals surface area contributed by atoms with E-state index >= 15 is 0 Å². The number of fused-ring (bicyclic) bond motifs is 1. The van der Waals surface area contributed by atoms with Crippen molar-refractivity contribution in [1.82, 2.24) is 4.90 Å². The molecule has 0 N–H and O–H groups in total. The molecule has 2 aliphatic rings. The number of ether oxygens (including phenoxy) is 1. The van der Waals surface area contributed by atoms with Crippen LogP contribution in [0.5, 0.6) is 5.75 Å². The lowest BCUT2D eigenvalue weighted by Crippen LogP contribution is -2.46. The van der Waals surface area contributed by atoms with E-state index in [4.69, 9.17) is 4.74 Å². The summed E-state index contributed by atoms with van der Waals surface area (Å²) >= 11 is 0. The molecule has 0 aliphatic carbocycles. The average molecular weight is 308 g/mol. The molecule has 1 fully saturated rings. The lowest BCUT2D eigenvalue weighted by Gasteiger charge is -2.37. The second kappa shape index (κ2) is 6.63. The van der Waals surface area contributed by atoms with Gasteiger partial charge in [-0.1, -0.05) is 42.5 Å². The third-order valence-corrected chi connectivity index (χ3v) is 4.87. The van der Waals surface area contributed by atoms with E-state index in [-0.39, 0.29) is 0 Å². The summed E-state index contributed by atoms with van der Waals surface area (Å²) in [6.45, 7) is 6.28. The molecular weight excluding hydrogens is 284 g/mol. The smallest absolute Gasteiger partial charge is 0.145 e. The highest BCUT2D eigenvalue weighted by Gasteiger charge is 2.22. The van der Waals surface area contributed by atoms with Gasteiger partial charge in [-0.25, -0.2) is 0 Å². The van der Waals surface area contributed by atoms with Gasteiger partial charge in [0.2, 0.25) is 0 Å². The van der Waals surface area contributed by atoms with Crippen LogP contribution in [0, 0.1) is 0 Å². The third kappa shape index (κ3) is 3.20.